The third kappa shape index (κ3) is 2.55. The van der Waals surface area contributed by atoms with E-state index in [1.165, 1.54) is 14.2 Å². The molecule has 2 saturated heterocycles. The number of carbonyl (C=O) groups is 3. The maximum absolute atomic E-state index is 12.8. The van der Waals surface area contributed by atoms with Gasteiger partial charge in [0.2, 0.25) is 11.8 Å². The van der Waals surface area contributed by atoms with E-state index in [2.05, 4.69) is 5.32 Å². The molecule has 1 aromatic carbocycles. The lowest BCUT2D eigenvalue weighted by Gasteiger charge is -2.31. The lowest BCUT2D eigenvalue weighted by atomic mass is 9.77. The normalized spacial score (nSPS) is 31.4. The Morgan fingerprint density at radius 1 is 1.28 bits per heavy atom. The molecule has 0 radical (unpaired) electrons. The van der Waals surface area contributed by atoms with Crippen molar-refractivity contribution >= 4 is 29.4 Å². The van der Waals surface area contributed by atoms with Crippen molar-refractivity contribution in [3.05, 3.63) is 34.9 Å². The van der Waals surface area contributed by atoms with Gasteiger partial charge in [-0.25, -0.2) is 0 Å². The van der Waals surface area contributed by atoms with Crippen LogP contribution in [0.15, 0.2) is 24.3 Å². The Bertz CT molecular complexity index is 720. The molecule has 2 aliphatic rings. The summed E-state index contributed by atoms with van der Waals surface area (Å²) in [5, 5.41) is 3.87. The van der Waals surface area contributed by atoms with Gasteiger partial charge in [0.05, 0.1) is 18.9 Å². The minimum atomic E-state index is -1.20. The van der Waals surface area contributed by atoms with Crippen molar-refractivity contribution in [2.75, 3.05) is 14.2 Å². The van der Waals surface area contributed by atoms with Gasteiger partial charge in [0.25, 0.3) is 0 Å². The molecular formula is C18H21ClN2O4. The van der Waals surface area contributed by atoms with E-state index in [-0.39, 0.29) is 11.8 Å². The standard InChI is InChI=1S/C18H21ClN2O4/c1-4-9-18(17(24)25-3)13-12(15(22)21(2)16(13)23)14(20-18)10-5-7-11(19)8-6-10/h5-8,12-14,20H,4,9H2,1-3H3/t12-,13-,14-,18+/m1/s1. The zero-order valence-electron chi connectivity index (χ0n) is 14.4. The smallest absolute Gasteiger partial charge is 0.326 e. The van der Waals surface area contributed by atoms with E-state index < -0.39 is 29.4 Å². The van der Waals surface area contributed by atoms with E-state index >= 15 is 0 Å². The van der Waals surface area contributed by atoms with Crippen molar-refractivity contribution in [2.45, 2.75) is 31.3 Å². The summed E-state index contributed by atoms with van der Waals surface area (Å²) in [7, 11) is 2.77. The predicted octanol–water partition coefficient (Wildman–Crippen LogP) is 1.93. The second-order valence-electron chi connectivity index (χ2n) is 6.63. The van der Waals surface area contributed by atoms with Gasteiger partial charge in [0, 0.05) is 18.1 Å². The molecule has 0 bridgehead atoms. The third-order valence-corrected chi connectivity index (χ3v) is 5.55. The molecule has 134 valence electrons. The number of esters is 1. The summed E-state index contributed by atoms with van der Waals surface area (Å²) in [5.41, 5.74) is -0.381. The molecule has 1 N–H and O–H groups in total. The Hall–Kier alpha value is -1.92. The molecule has 0 aromatic heterocycles. The molecule has 1 aromatic rings. The van der Waals surface area contributed by atoms with E-state index in [1.54, 1.807) is 12.1 Å². The van der Waals surface area contributed by atoms with Gasteiger partial charge in [0.15, 0.2) is 0 Å². The number of fused-ring (bicyclic) bond motifs is 1. The molecule has 2 amide bonds. The van der Waals surface area contributed by atoms with E-state index in [1.807, 2.05) is 19.1 Å². The maximum Gasteiger partial charge on any atom is 0.326 e. The van der Waals surface area contributed by atoms with Crippen molar-refractivity contribution in [1.29, 1.82) is 0 Å². The van der Waals surface area contributed by atoms with E-state index in [4.69, 9.17) is 16.3 Å². The summed E-state index contributed by atoms with van der Waals surface area (Å²) < 4.78 is 5.02. The second kappa shape index (κ2) is 6.42. The molecule has 0 spiro atoms. The first kappa shape index (κ1) is 17.9. The van der Waals surface area contributed by atoms with Crippen molar-refractivity contribution in [3.8, 4) is 0 Å². The van der Waals surface area contributed by atoms with Gasteiger partial charge in [0.1, 0.15) is 5.54 Å². The van der Waals surface area contributed by atoms with Crippen LogP contribution in [0.25, 0.3) is 0 Å². The number of carbonyl (C=O) groups excluding carboxylic acids is 3. The summed E-state index contributed by atoms with van der Waals surface area (Å²) >= 11 is 5.96. The van der Waals surface area contributed by atoms with Gasteiger partial charge < -0.3 is 4.74 Å². The molecule has 0 unspecified atom stereocenters. The van der Waals surface area contributed by atoms with Crippen LogP contribution in [0.1, 0.15) is 31.4 Å². The van der Waals surface area contributed by atoms with Gasteiger partial charge in [-0.2, -0.15) is 0 Å². The van der Waals surface area contributed by atoms with Crippen molar-refractivity contribution < 1.29 is 19.1 Å². The highest BCUT2D eigenvalue weighted by atomic mass is 35.5. The first-order valence-corrected chi connectivity index (χ1v) is 8.68. The fourth-order valence-electron chi connectivity index (χ4n) is 4.20. The fourth-order valence-corrected chi connectivity index (χ4v) is 4.33. The summed E-state index contributed by atoms with van der Waals surface area (Å²) in [6, 6.07) is 6.64. The monoisotopic (exact) mass is 364 g/mol. The SMILES string of the molecule is CCC[C@]1(C(=O)OC)N[C@H](c2ccc(Cl)cc2)[C@@H]2C(=O)N(C)C(=O)[C@@H]21. The zero-order chi connectivity index (χ0) is 18.4. The number of rotatable bonds is 4. The number of imide groups is 1. The Kier molecular flexibility index (Phi) is 4.60. The minimum absolute atomic E-state index is 0.274. The number of nitrogens with one attached hydrogen (secondary N) is 1. The number of benzene rings is 1. The fraction of sp³-hybridized carbons (Fsp3) is 0.500. The molecular weight excluding hydrogens is 344 g/mol. The molecule has 4 atom stereocenters. The van der Waals surface area contributed by atoms with Crippen LogP contribution in [0, 0.1) is 11.8 Å². The number of amides is 2. The average molecular weight is 365 g/mol. The molecule has 7 heteroatoms. The predicted molar refractivity (Wildman–Crippen MR) is 91.7 cm³/mol. The Morgan fingerprint density at radius 3 is 2.48 bits per heavy atom. The van der Waals surface area contributed by atoms with Crippen LogP contribution in [0.2, 0.25) is 5.02 Å². The second-order valence-corrected chi connectivity index (χ2v) is 7.06. The summed E-state index contributed by atoms with van der Waals surface area (Å²) in [4.78, 5) is 39.3. The summed E-state index contributed by atoms with van der Waals surface area (Å²) in [6.45, 7) is 1.93. The molecule has 3 rings (SSSR count). The third-order valence-electron chi connectivity index (χ3n) is 5.30. The molecule has 0 aliphatic carbocycles. The van der Waals surface area contributed by atoms with Crippen LogP contribution in [-0.4, -0.2) is 42.4 Å². The minimum Gasteiger partial charge on any atom is -0.468 e. The van der Waals surface area contributed by atoms with Crippen LogP contribution >= 0.6 is 11.6 Å². The Labute approximate surface area is 151 Å². The number of likely N-dealkylation sites (tertiary alicyclic amines) is 1. The number of hydrogen-bond donors (Lipinski definition) is 1. The van der Waals surface area contributed by atoms with E-state index in [0.717, 1.165) is 10.5 Å². The first-order chi connectivity index (χ1) is 11.9. The lowest BCUT2D eigenvalue weighted by Crippen LogP contribution is -2.56. The van der Waals surface area contributed by atoms with Crippen LogP contribution in [0.4, 0.5) is 0 Å². The zero-order valence-corrected chi connectivity index (χ0v) is 15.2. The highest BCUT2D eigenvalue weighted by molar-refractivity contribution is 6.30. The van der Waals surface area contributed by atoms with E-state index in [9.17, 15) is 14.4 Å². The van der Waals surface area contributed by atoms with Crippen molar-refractivity contribution in [3.63, 3.8) is 0 Å². The summed E-state index contributed by atoms with van der Waals surface area (Å²) in [5.74, 6) is -2.51. The van der Waals surface area contributed by atoms with Crippen LogP contribution in [0.5, 0.6) is 0 Å². The first-order valence-electron chi connectivity index (χ1n) is 8.30. The molecule has 2 heterocycles. The van der Waals surface area contributed by atoms with Gasteiger partial charge in [-0.05, 0) is 24.1 Å². The van der Waals surface area contributed by atoms with Gasteiger partial charge in [-0.1, -0.05) is 37.1 Å². The number of nitrogens with zero attached hydrogens (tertiary/aromatic N) is 1. The van der Waals surface area contributed by atoms with Gasteiger partial charge >= 0.3 is 5.97 Å². The number of ether oxygens (including phenoxy) is 1. The van der Waals surface area contributed by atoms with Gasteiger partial charge in [-0.15, -0.1) is 0 Å². The van der Waals surface area contributed by atoms with Crippen LogP contribution in [0.3, 0.4) is 0 Å². The lowest BCUT2D eigenvalue weighted by molar-refractivity contribution is -0.154. The average Bonchev–Trinajstić information content (AvgIpc) is 3.06. The van der Waals surface area contributed by atoms with Crippen molar-refractivity contribution in [2.24, 2.45) is 11.8 Å². The Balaban J connectivity index is 2.13. The molecule has 6 nitrogen and oxygen atoms in total. The number of methoxy groups -OCH3 is 1. The highest BCUT2D eigenvalue weighted by Gasteiger charge is 2.67. The number of halogens is 1. The maximum atomic E-state index is 12.8. The molecule has 2 fully saturated rings. The molecule has 2 aliphatic heterocycles. The van der Waals surface area contributed by atoms with Crippen LogP contribution in [-0.2, 0) is 19.1 Å². The summed E-state index contributed by atoms with van der Waals surface area (Å²) in [6.07, 6.45) is 1.08. The van der Waals surface area contributed by atoms with Crippen LogP contribution < -0.4 is 5.32 Å². The van der Waals surface area contributed by atoms with Gasteiger partial charge in [-0.3, -0.25) is 24.6 Å². The molecule has 25 heavy (non-hydrogen) atoms. The largest absolute Gasteiger partial charge is 0.468 e. The quantitative estimate of drug-likeness (QED) is 0.652. The van der Waals surface area contributed by atoms with E-state index in [0.29, 0.717) is 17.9 Å². The topological polar surface area (TPSA) is 75.7 Å². The Morgan fingerprint density at radius 2 is 1.92 bits per heavy atom. The molecule has 0 saturated carbocycles. The number of hydrogen-bond acceptors (Lipinski definition) is 5. The highest BCUT2D eigenvalue weighted by Crippen LogP contribution is 2.50. The van der Waals surface area contributed by atoms with Crippen molar-refractivity contribution in [1.82, 2.24) is 10.2 Å².